The van der Waals surface area contributed by atoms with Gasteiger partial charge in [-0.1, -0.05) is 160 Å². The van der Waals surface area contributed by atoms with Crippen molar-refractivity contribution in [1.29, 1.82) is 0 Å². The van der Waals surface area contributed by atoms with Crippen LogP contribution in [0.1, 0.15) is 92.1 Å². The molecular formula is C52H50IrN2O-2. The van der Waals surface area contributed by atoms with Crippen LogP contribution in [-0.2, 0) is 32.9 Å². The number of nitrogens with zero attached hydrogens (tertiary/aromatic N) is 2. The van der Waals surface area contributed by atoms with E-state index in [2.05, 4.69) is 28.2 Å². The summed E-state index contributed by atoms with van der Waals surface area (Å²) in [5.74, 6) is -0.212. The number of rotatable bonds is 6. The molecule has 4 heteroatoms. The van der Waals surface area contributed by atoms with E-state index in [1.54, 1.807) is 45.0 Å². The minimum atomic E-state index is -2.56. The summed E-state index contributed by atoms with van der Waals surface area (Å²) in [6.07, 6.45) is 2.32. The molecule has 3 aromatic heterocycles. The summed E-state index contributed by atoms with van der Waals surface area (Å²) in [6, 6.07) is 37.1. The Hall–Kier alpha value is -4.89. The first-order valence-electron chi connectivity index (χ1n) is 25.2. The van der Waals surface area contributed by atoms with Crippen molar-refractivity contribution < 1.29 is 42.3 Å². The summed E-state index contributed by atoms with van der Waals surface area (Å²) in [6.45, 7) is -2.26. The average Bonchev–Trinajstić information content (AvgIpc) is 3.98. The van der Waals surface area contributed by atoms with Gasteiger partial charge in [0.2, 0.25) is 0 Å². The zero-order valence-electron chi connectivity index (χ0n) is 44.5. The standard InChI is InChI=1S/C28H24NO.C24H26N.Ir/c1-18-17-29-26(16-21(18)15-19-7-2-3-8-19)25-12-6-11-23-24-14-13-20-9-4-5-10-22(20)27(24)30-28(23)25;1-17-11-12-20(14-22(17)19-9-7-6-8-10-19)23-13-18(2)21(16-25-23)15-24(3,4)5;/h4-6,9-11,13-14,16-17,19H,2-3,7-8,15H2,1H3;6-11,13-14,16H,15H2,1-5H3;/q2*-1;/i1D3,15D2;1D3,2D3,15D2;. The Morgan fingerprint density at radius 2 is 1.48 bits per heavy atom. The molecule has 0 atom stereocenters. The molecule has 9 rings (SSSR count). The first-order valence-corrected chi connectivity index (χ1v) is 18.7. The van der Waals surface area contributed by atoms with Crippen LogP contribution in [0.3, 0.4) is 0 Å². The van der Waals surface area contributed by atoms with E-state index in [0.29, 0.717) is 33.5 Å². The number of furan rings is 1. The molecule has 1 radical (unpaired) electrons. The Bertz CT molecular complexity index is 3150. The molecule has 1 aliphatic rings. The largest absolute Gasteiger partial charge is 0.500 e. The number of aryl methyl sites for hydroxylation is 3. The number of pyridine rings is 2. The molecule has 0 amide bonds. The Morgan fingerprint density at radius 3 is 2.27 bits per heavy atom. The first kappa shape index (κ1) is 26.1. The maximum absolute atomic E-state index is 8.94. The van der Waals surface area contributed by atoms with E-state index in [1.807, 2.05) is 60.7 Å². The van der Waals surface area contributed by atoms with E-state index in [4.69, 9.17) is 22.2 Å². The summed E-state index contributed by atoms with van der Waals surface area (Å²) in [5, 5.41) is 3.99. The van der Waals surface area contributed by atoms with Crippen molar-refractivity contribution in [2.75, 3.05) is 0 Å². The van der Waals surface area contributed by atoms with Crippen LogP contribution in [0.15, 0.2) is 120 Å². The summed E-state index contributed by atoms with van der Waals surface area (Å²) >= 11 is 0. The molecule has 0 saturated heterocycles. The quantitative estimate of drug-likeness (QED) is 0.156. The van der Waals surface area contributed by atoms with E-state index in [-0.39, 0.29) is 59.5 Å². The molecule has 0 N–H and O–H groups in total. The third kappa shape index (κ3) is 8.43. The monoisotopic (exact) mass is 924 g/mol. The second-order valence-electron chi connectivity index (χ2n) is 15.1. The van der Waals surface area contributed by atoms with Crippen molar-refractivity contribution >= 4 is 32.7 Å². The van der Waals surface area contributed by atoms with Gasteiger partial charge in [0.25, 0.3) is 0 Å². The van der Waals surface area contributed by atoms with E-state index >= 15 is 0 Å². The molecule has 3 heterocycles. The number of aromatic nitrogens is 2. The minimum absolute atomic E-state index is 0. The second-order valence-corrected chi connectivity index (χ2v) is 15.1. The van der Waals surface area contributed by atoms with Crippen molar-refractivity contribution in [2.24, 2.45) is 11.3 Å². The molecule has 1 aliphatic carbocycles. The minimum Gasteiger partial charge on any atom is -0.500 e. The summed E-state index contributed by atoms with van der Waals surface area (Å²) in [7, 11) is 0. The normalized spacial score (nSPS) is 17.8. The molecule has 0 spiro atoms. The fourth-order valence-electron chi connectivity index (χ4n) is 7.26. The van der Waals surface area contributed by atoms with Gasteiger partial charge in [-0.05, 0) is 71.2 Å². The average molecular weight is 924 g/mol. The van der Waals surface area contributed by atoms with Gasteiger partial charge in [0.05, 0.1) is 5.58 Å². The molecule has 0 bridgehead atoms. The first-order chi connectivity index (χ1) is 31.8. The van der Waals surface area contributed by atoms with Gasteiger partial charge in [-0.25, -0.2) is 0 Å². The number of benzene rings is 5. The summed E-state index contributed by atoms with van der Waals surface area (Å²) < 4.78 is 113. The zero-order chi connectivity index (χ0) is 49.2. The molecule has 1 saturated carbocycles. The maximum Gasteiger partial charge on any atom is 0.128 e. The molecule has 3 nitrogen and oxygen atoms in total. The van der Waals surface area contributed by atoms with Gasteiger partial charge in [-0.15, -0.1) is 47.5 Å². The van der Waals surface area contributed by atoms with Crippen molar-refractivity contribution in [1.82, 2.24) is 9.97 Å². The molecular weight excluding hydrogens is 861 g/mol. The predicted molar refractivity (Wildman–Crippen MR) is 230 cm³/mol. The molecule has 56 heavy (non-hydrogen) atoms. The van der Waals surface area contributed by atoms with Crippen molar-refractivity contribution in [3.8, 4) is 33.6 Å². The molecule has 0 aliphatic heterocycles. The Balaban J connectivity index is 0.000000201. The van der Waals surface area contributed by atoms with Gasteiger partial charge in [0, 0.05) is 61.1 Å². The van der Waals surface area contributed by atoms with Crippen LogP contribution >= 0.6 is 0 Å². The molecule has 5 aromatic carbocycles. The van der Waals surface area contributed by atoms with Gasteiger partial charge in [-0.2, -0.15) is 0 Å². The smallest absolute Gasteiger partial charge is 0.128 e. The van der Waals surface area contributed by atoms with Gasteiger partial charge in [0.15, 0.2) is 0 Å². The number of hydrogen-bond acceptors (Lipinski definition) is 3. The molecule has 1 fully saturated rings. The zero-order valence-corrected chi connectivity index (χ0v) is 33.9. The van der Waals surface area contributed by atoms with E-state index in [1.165, 1.54) is 24.5 Å². The van der Waals surface area contributed by atoms with Crippen LogP contribution in [0, 0.1) is 44.0 Å². The van der Waals surface area contributed by atoms with Crippen LogP contribution in [0.2, 0.25) is 0 Å². The van der Waals surface area contributed by atoms with Crippen molar-refractivity contribution in [2.45, 2.75) is 79.8 Å². The second kappa shape index (κ2) is 16.7. The number of fused-ring (bicyclic) bond motifs is 5. The number of hydrogen-bond donors (Lipinski definition) is 0. The third-order valence-electron chi connectivity index (χ3n) is 9.92. The van der Waals surface area contributed by atoms with Gasteiger partial charge in [-0.3, -0.25) is 0 Å². The van der Waals surface area contributed by atoms with Crippen molar-refractivity contribution in [3.05, 3.63) is 155 Å². The third-order valence-corrected chi connectivity index (χ3v) is 9.92. The molecule has 0 unspecified atom stereocenters. The summed E-state index contributed by atoms with van der Waals surface area (Å²) in [5.41, 5.74) is 3.68. The van der Waals surface area contributed by atoms with Crippen LogP contribution in [0.25, 0.3) is 66.4 Å². The Kier molecular flexibility index (Phi) is 7.78. The topological polar surface area (TPSA) is 38.9 Å². The van der Waals surface area contributed by atoms with Crippen LogP contribution in [-0.4, -0.2) is 9.97 Å². The SMILES string of the molecule is [2H]C([2H])([2H])c1c[c-]c(-c2cc(C([2H])([2H])[2H])c(C([2H])([2H])C(C)(C)C)cn2)cc1-c1ccccc1.[2H]C([2H])([2H])c1cnc(-c2[c-]ccc3c2oc2c4ccccc4ccc32)cc1C([2H])([2H])C1CCCC1.[Ir]. The van der Waals surface area contributed by atoms with Gasteiger partial charge in [0.1, 0.15) is 5.58 Å². The van der Waals surface area contributed by atoms with Crippen LogP contribution in [0.4, 0.5) is 0 Å². The van der Waals surface area contributed by atoms with E-state index < -0.39 is 38.7 Å². The molecule has 285 valence electrons. The van der Waals surface area contributed by atoms with Crippen LogP contribution in [0.5, 0.6) is 0 Å². The Morgan fingerprint density at radius 1 is 0.732 bits per heavy atom. The molecule has 8 aromatic rings. The fourth-order valence-corrected chi connectivity index (χ4v) is 7.26. The Labute approximate surface area is 364 Å². The van der Waals surface area contributed by atoms with Crippen molar-refractivity contribution in [3.63, 3.8) is 0 Å². The fraction of sp³-hybridized carbons (Fsp3) is 0.269. The summed E-state index contributed by atoms with van der Waals surface area (Å²) in [4.78, 5) is 8.85. The van der Waals surface area contributed by atoms with E-state index in [9.17, 15) is 0 Å². The predicted octanol–water partition coefficient (Wildman–Crippen LogP) is 14.1. The maximum atomic E-state index is 8.94. The van der Waals surface area contributed by atoms with Crippen LogP contribution < -0.4 is 0 Å². The van der Waals surface area contributed by atoms with Gasteiger partial charge >= 0.3 is 0 Å². The van der Waals surface area contributed by atoms with Gasteiger partial charge < -0.3 is 14.4 Å². The van der Waals surface area contributed by atoms with E-state index in [0.717, 1.165) is 52.8 Å².